The van der Waals surface area contributed by atoms with Crippen LogP contribution in [0.3, 0.4) is 0 Å². The molecule has 30 heavy (non-hydrogen) atoms. The molecule has 0 bridgehead atoms. The number of carbonyl (C=O) groups excluding carboxylic acids is 2. The van der Waals surface area contributed by atoms with Gasteiger partial charge < -0.3 is 15.0 Å². The van der Waals surface area contributed by atoms with Gasteiger partial charge in [-0.1, -0.05) is 41.9 Å². The van der Waals surface area contributed by atoms with E-state index >= 15 is 0 Å². The van der Waals surface area contributed by atoms with Crippen molar-refractivity contribution >= 4 is 27.7 Å². The third kappa shape index (κ3) is 7.13. The fourth-order valence-electron chi connectivity index (χ4n) is 2.76. The molecule has 1 atom stereocenters. The number of ether oxygens (including phenoxy) is 1. The van der Waals surface area contributed by atoms with Crippen molar-refractivity contribution in [2.45, 2.75) is 40.3 Å². The highest BCUT2D eigenvalue weighted by atomic mass is 79.9. The van der Waals surface area contributed by atoms with Gasteiger partial charge in [0.05, 0.1) is 0 Å². The van der Waals surface area contributed by atoms with E-state index in [2.05, 4.69) is 21.2 Å². The van der Waals surface area contributed by atoms with Crippen LogP contribution in [-0.4, -0.2) is 35.9 Å². The fourth-order valence-corrected chi connectivity index (χ4v) is 3.00. The first-order chi connectivity index (χ1) is 14.2. The maximum Gasteiger partial charge on any atom is 0.261 e. The van der Waals surface area contributed by atoms with Crippen LogP contribution in [0.5, 0.6) is 5.75 Å². The third-order valence-electron chi connectivity index (χ3n) is 4.61. The number of nitrogens with one attached hydrogen (secondary N) is 1. The molecular formula is C23H28BrFN2O3. The van der Waals surface area contributed by atoms with E-state index in [9.17, 15) is 14.0 Å². The molecule has 7 heteroatoms. The van der Waals surface area contributed by atoms with Crippen molar-refractivity contribution in [2.24, 2.45) is 5.92 Å². The number of amides is 2. The summed E-state index contributed by atoms with van der Waals surface area (Å²) in [6.07, 6.45) is 0. The molecule has 0 aliphatic rings. The maximum absolute atomic E-state index is 13.2. The molecule has 0 aliphatic carbocycles. The summed E-state index contributed by atoms with van der Waals surface area (Å²) in [5.74, 6) is -0.0480. The number of hydrogen-bond donors (Lipinski definition) is 1. The van der Waals surface area contributed by atoms with E-state index < -0.39 is 6.04 Å². The number of aryl methyl sites for hydroxylation is 1. The first-order valence-electron chi connectivity index (χ1n) is 9.88. The molecule has 0 unspecified atom stereocenters. The average Bonchev–Trinajstić information content (AvgIpc) is 2.71. The molecule has 5 nitrogen and oxygen atoms in total. The SMILES string of the molecule is Cc1cc(OCC(=O)N(Cc2ccc(F)cc2)[C@@H](C)C(=O)NCC(C)C)ccc1Br. The van der Waals surface area contributed by atoms with Crippen LogP contribution in [0.4, 0.5) is 4.39 Å². The van der Waals surface area contributed by atoms with Crippen LogP contribution in [0, 0.1) is 18.7 Å². The van der Waals surface area contributed by atoms with Crippen LogP contribution < -0.4 is 10.1 Å². The van der Waals surface area contributed by atoms with Crippen molar-refractivity contribution in [1.82, 2.24) is 10.2 Å². The van der Waals surface area contributed by atoms with Gasteiger partial charge in [0, 0.05) is 17.6 Å². The van der Waals surface area contributed by atoms with E-state index in [1.165, 1.54) is 17.0 Å². The monoisotopic (exact) mass is 478 g/mol. The Balaban J connectivity index is 2.13. The fraction of sp³-hybridized carbons (Fsp3) is 0.391. The summed E-state index contributed by atoms with van der Waals surface area (Å²) in [4.78, 5) is 27.0. The second kappa shape index (κ2) is 11.1. The summed E-state index contributed by atoms with van der Waals surface area (Å²) in [6.45, 7) is 8.11. The molecule has 0 spiro atoms. The lowest BCUT2D eigenvalue weighted by atomic mass is 10.1. The van der Waals surface area contributed by atoms with Gasteiger partial charge in [0.15, 0.2) is 6.61 Å². The van der Waals surface area contributed by atoms with Crippen molar-refractivity contribution in [2.75, 3.05) is 13.2 Å². The quantitative estimate of drug-likeness (QED) is 0.578. The van der Waals surface area contributed by atoms with Gasteiger partial charge in [-0.25, -0.2) is 4.39 Å². The van der Waals surface area contributed by atoms with Gasteiger partial charge in [-0.05, 0) is 61.2 Å². The lowest BCUT2D eigenvalue weighted by Crippen LogP contribution is -2.49. The Morgan fingerprint density at radius 3 is 2.40 bits per heavy atom. The van der Waals surface area contributed by atoms with E-state index in [-0.39, 0.29) is 30.8 Å². The van der Waals surface area contributed by atoms with Gasteiger partial charge in [0.1, 0.15) is 17.6 Å². The van der Waals surface area contributed by atoms with Gasteiger partial charge in [-0.15, -0.1) is 0 Å². The summed E-state index contributed by atoms with van der Waals surface area (Å²) in [5, 5.41) is 2.86. The molecule has 162 valence electrons. The van der Waals surface area contributed by atoms with E-state index in [0.29, 0.717) is 18.2 Å². The van der Waals surface area contributed by atoms with Crippen LogP contribution >= 0.6 is 15.9 Å². The molecule has 0 heterocycles. The predicted molar refractivity (Wildman–Crippen MR) is 119 cm³/mol. The topological polar surface area (TPSA) is 58.6 Å². The predicted octanol–water partition coefficient (Wildman–Crippen LogP) is 4.46. The van der Waals surface area contributed by atoms with E-state index in [0.717, 1.165) is 15.6 Å². The van der Waals surface area contributed by atoms with Gasteiger partial charge >= 0.3 is 0 Å². The summed E-state index contributed by atoms with van der Waals surface area (Å²) in [5.41, 5.74) is 1.72. The van der Waals surface area contributed by atoms with Crippen molar-refractivity contribution in [3.8, 4) is 5.75 Å². The van der Waals surface area contributed by atoms with Crippen molar-refractivity contribution in [3.63, 3.8) is 0 Å². The molecule has 0 saturated carbocycles. The molecular weight excluding hydrogens is 451 g/mol. The molecule has 0 aliphatic heterocycles. The largest absolute Gasteiger partial charge is 0.484 e. The second-order valence-electron chi connectivity index (χ2n) is 7.66. The number of nitrogens with zero attached hydrogens (tertiary/aromatic N) is 1. The molecule has 0 aromatic heterocycles. The standard InChI is InChI=1S/C23H28BrFN2O3/c1-15(2)12-26-23(29)17(4)27(13-18-5-7-19(25)8-6-18)22(28)14-30-20-9-10-21(24)16(3)11-20/h5-11,15,17H,12-14H2,1-4H3,(H,26,29)/t17-/m0/s1. The van der Waals surface area contributed by atoms with E-state index in [1.807, 2.05) is 32.9 Å². The number of rotatable bonds is 9. The van der Waals surface area contributed by atoms with Crippen molar-refractivity contribution in [1.29, 1.82) is 0 Å². The minimum Gasteiger partial charge on any atom is -0.484 e. The Bertz CT molecular complexity index is 871. The molecule has 0 radical (unpaired) electrons. The third-order valence-corrected chi connectivity index (χ3v) is 5.50. The van der Waals surface area contributed by atoms with Crippen LogP contribution in [0.1, 0.15) is 31.9 Å². The van der Waals surface area contributed by atoms with Crippen LogP contribution in [-0.2, 0) is 16.1 Å². The zero-order chi connectivity index (χ0) is 22.3. The summed E-state index contributed by atoms with van der Waals surface area (Å²) in [7, 11) is 0. The average molecular weight is 479 g/mol. The Morgan fingerprint density at radius 1 is 1.13 bits per heavy atom. The van der Waals surface area contributed by atoms with E-state index in [4.69, 9.17) is 4.74 Å². The van der Waals surface area contributed by atoms with Crippen molar-refractivity contribution < 1.29 is 18.7 Å². The van der Waals surface area contributed by atoms with Gasteiger partial charge in [-0.2, -0.15) is 0 Å². The second-order valence-corrected chi connectivity index (χ2v) is 8.52. The highest BCUT2D eigenvalue weighted by Crippen LogP contribution is 2.22. The number of hydrogen-bond acceptors (Lipinski definition) is 3. The molecule has 2 aromatic rings. The Kier molecular flexibility index (Phi) is 8.84. The minimum atomic E-state index is -0.698. The molecule has 2 amide bonds. The van der Waals surface area contributed by atoms with Gasteiger partial charge in [0.2, 0.25) is 5.91 Å². The zero-order valence-electron chi connectivity index (χ0n) is 17.7. The molecule has 1 N–H and O–H groups in total. The molecule has 0 fully saturated rings. The van der Waals surface area contributed by atoms with Crippen LogP contribution in [0.15, 0.2) is 46.9 Å². The lowest BCUT2D eigenvalue weighted by molar-refractivity contribution is -0.142. The Morgan fingerprint density at radius 2 is 1.80 bits per heavy atom. The minimum absolute atomic E-state index is 0.179. The normalized spacial score (nSPS) is 11.8. The van der Waals surface area contributed by atoms with Crippen molar-refractivity contribution in [3.05, 3.63) is 63.9 Å². The number of carbonyl (C=O) groups is 2. The highest BCUT2D eigenvalue weighted by molar-refractivity contribution is 9.10. The van der Waals surface area contributed by atoms with E-state index in [1.54, 1.807) is 25.1 Å². The van der Waals surface area contributed by atoms with Crippen LogP contribution in [0.2, 0.25) is 0 Å². The zero-order valence-corrected chi connectivity index (χ0v) is 19.3. The molecule has 2 rings (SSSR count). The first kappa shape index (κ1) is 23.9. The van der Waals surface area contributed by atoms with Gasteiger partial charge in [0.25, 0.3) is 5.91 Å². The lowest BCUT2D eigenvalue weighted by Gasteiger charge is -2.29. The summed E-state index contributed by atoms with van der Waals surface area (Å²) < 4.78 is 19.9. The number of benzene rings is 2. The first-order valence-corrected chi connectivity index (χ1v) is 10.7. The smallest absolute Gasteiger partial charge is 0.261 e. The highest BCUT2D eigenvalue weighted by Gasteiger charge is 2.26. The Hall–Kier alpha value is -2.41. The molecule has 2 aromatic carbocycles. The Labute approximate surface area is 185 Å². The number of halogens is 2. The maximum atomic E-state index is 13.2. The summed E-state index contributed by atoms with van der Waals surface area (Å²) in [6, 6.07) is 10.6. The summed E-state index contributed by atoms with van der Waals surface area (Å²) >= 11 is 3.43. The van der Waals surface area contributed by atoms with Crippen LogP contribution in [0.25, 0.3) is 0 Å². The molecule has 0 saturated heterocycles. The van der Waals surface area contributed by atoms with Gasteiger partial charge in [-0.3, -0.25) is 9.59 Å².